The quantitative estimate of drug-likeness (QED) is 0.302. The third-order valence-electron chi connectivity index (χ3n) is 5.68. The average Bonchev–Trinajstić information content (AvgIpc) is 2.65. The number of likely N-dealkylation sites (tertiary alicyclic amines) is 1. The van der Waals surface area contributed by atoms with E-state index in [0.29, 0.717) is 0 Å². The first-order valence-electron chi connectivity index (χ1n) is 11.6. The Labute approximate surface area is 196 Å². The van der Waals surface area contributed by atoms with E-state index in [1.165, 1.54) is 51.4 Å². The third-order valence-corrected chi connectivity index (χ3v) is 5.68. The monoisotopic (exact) mass is 577 g/mol. The Bertz CT molecular complexity index is 430. The Morgan fingerprint density at radius 1 is 1.17 bits per heavy atom. The van der Waals surface area contributed by atoms with Crippen LogP contribution in [0.25, 0.3) is 11.1 Å². The first-order valence-corrected chi connectivity index (χ1v) is 11.6. The van der Waals surface area contributed by atoms with Gasteiger partial charge in [0.05, 0.1) is 0 Å². The van der Waals surface area contributed by atoms with Crippen LogP contribution >= 0.6 is 0 Å². The van der Waals surface area contributed by atoms with E-state index in [0.717, 1.165) is 43.8 Å². The van der Waals surface area contributed by atoms with Crippen molar-refractivity contribution in [3.05, 3.63) is 23.0 Å². The second-order valence-electron chi connectivity index (χ2n) is 9.81. The maximum absolute atomic E-state index is 7.70. The number of piperidine rings is 1. The molecule has 1 aliphatic carbocycles. The van der Waals surface area contributed by atoms with Gasteiger partial charge in [0.1, 0.15) is 5.60 Å². The van der Waals surface area contributed by atoms with Crippen LogP contribution in [0.1, 0.15) is 92.4 Å². The maximum Gasteiger partial charge on any atom is 2.00 e. The fraction of sp³-hybridized carbons (Fsp3) is 0.917. The van der Waals surface area contributed by atoms with E-state index in [2.05, 4.69) is 50.9 Å². The molecule has 0 aromatic heterocycles. The van der Waals surface area contributed by atoms with Crippen LogP contribution in [0, 0.1) is 11.8 Å². The molecule has 0 aromatic carbocycles. The van der Waals surface area contributed by atoms with Crippen LogP contribution < -0.4 is 0 Å². The van der Waals surface area contributed by atoms with E-state index >= 15 is 0 Å². The predicted molar refractivity (Wildman–Crippen MR) is 123 cm³/mol. The van der Waals surface area contributed by atoms with Crippen LogP contribution in [0.2, 0.25) is 0 Å². The number of nitrogens with zero attached hydrogens (tertiary/aromatic N) is 2. The van der Waals surface area contributed by atoms with Crippen LogP contribution in [0.3, 0.4) is 0 Å². The largest absolute Gasteiger partial charge is 2.00 e. The average molecular weight is 578 g/mol. The SMILES string of the molecule is C/C=C(/OC(C)(C)C)N1CCCC(C)C1.C[N-]CC([NH-])CCC1CCCCC1.[W+2]. The first-order chi connectivity index (χ1) is 13.2. The minimum Gasteiger partial charge on any atom is -0.676 e. The van der Waals surface area contributed by atoms with Gasteiger partial charge in [0, 0.05) is 13.1 Å². The minimum atomic E-state index is -0.0947. The summed E-state index contributed by atoms with van der Waals surface area (Å²) in [6.07, 6.45) is 14.2. The molecule has 2 unspecified atom stereocenters. The summed E-state index contributed by atoms with van der Waals surface area (Å²) in [6, 6.07) is 0.0620. The second-order valence-corrected chi connectivity index (χ2v) is 9.81. The summed E-state index contributed by atoms with van der Waals surface area (Å²) in [5, 5.41) is 4.01. The van der Waals surface area contributed by atoms with Crippen LogP contribution in [-0.2, 0) is 25.8 Å². The Balaban J connectivity index is 0.000000527. The van der Waals surface area contributed by atoms with Crippen molar-refractivity contribution >= 4 is 0 Å². The predicted octanol–water partition coefficient (Wildman–Crippen LogP) is 7.16. The van der Waals surface area contributed by atoms with Crippen molar-refractivity contribution in [2.75, 3.05) is 26.7 Å². The smallest absolute Gasteiger partial charge is 0.676 e. The molecule has 0 amide bonds. The molecule has 0 aromatic rings. The molecule has 1 saturated carbocycles. The number of nitrogens with one attached hydrogen (secondary N) is 1. The fourth-order valence-electron chi connectivity index (χ4n) is 4.23. The molecule has 2 atom stereocenters. The van der Waals surface area contributed by atoms with Crippen molar-refractivity contribution in [1.82, 2.24) is 4.90 Å². The van der Waals surface area contributed by atoms with Gasteiger partial charge in [-0.2, -0.15) is 19.6 Å². The third kappa shape index (κ3) is 13.8. The van der Waals surface area contributed by atoms with Crippen molar-refractivity contribution in [2.24, 2.45) is 11.8 Å². The Hall–Kier alpha value is -0.0517. The van der Waals surface area contributed by atoms with Gasteiger partial charge in [-0.15, -0.1) is 0 Å². The molecular weight excluding hydrogens is 530 g/mol. The number of hydrogen-bond donors (Lipinski definition) is 0. The zero-order valence-corrected chi connectivity index (χ0v) is 22.9. The molecule has 0 bridgehead atoms. The van der Waals surface area contributed by atoms with Crippen molar-refractivity contribution in [3.8, 4) is 0 Å². The van der Waals surface area contributed by atoms with Crippen LogP contribution in [0.5, 0.6) is 0 Å². The molecule has 1 N–H and O–H groups in total. The van der Waals surface area contributed by atoms with Gasteiger partial charge in [0.25, 0.3) is 0 Å². The Morgan fingerprint density at radius 2 is 1.83 bits per heavy atom. The fourth-order valence-corrected chi connectivity index (χ4v) is 4.23. The molecular formula is C24H47N3OW. The van der Waals surface area contributed by atoms with Crippen molar-refractivity contribution in [3.63, 3.8) is 0 Å². The van der Waals surface area contributed by atoms with Crippen molar-refractivity contribution in [1.29, 1.82) is 0 Å². The van der Waals surface area contributed by atoms with Gasteiger partial charge in [0.2, 0.25) is 0 Å². The van der Waals surface area contributed by atoms with Gasteiger partial charge in [0.15, 0.2) is 5.88 Å². The second kappa shape index (κ2) is 15.7. The topological polar surface area (TPSA) is 50.4 Å². The number of likely N-dealkylation sites (N-methyl/N-ethyl adjacent to an activating group) is 1. The summed E-state index contributed by atoms with van der Waals surface area (Å²) in [4.78, 5) is 2.37. The molecule has 4 nitrogen and oxygen atoms in total. The molecule has 1 saturated heterocycles. The van der Waals surface area contributed by atoms with Crippen LogP contribution in [-0.4, -0.2) is 43.2 Å². The first kappa shape index (κ1) is 28.9. The number of allylic oxidation sites excluding steroid dienone is 1. The van der Waals surface area contributed by atoms with E-state index in [-0.39, 0.29) is 32.7 Å². The summed E-state index contributed by atoms with van der Waals surface area (Å²) < 4.78 is 5.96. The number of ether oxygens (including phenoxy) is 1. The van der Waals surface area contributed by atoms with Gasteiger partial charge in [-0.05, 0) is 58.4 Å². The van der Waals surface area contributed by atoms with Crippen LogP contribution in [0.4, 0.5) is 0 Å². The van der Waals surface area contributed by atoms with Crippen molar-refractivity contribution < 1.29 is 25.8 Å². The van der Waals surface area contributed by atoms with Crippen LogP contribution in [0.15, 0.2) is 12.0 Å². The maximum atomic E-state index is 7.70. The van der Waals surface area contributed by atoms with Gasteiger partial charge >= 0.3 is 21.1 Å². The zero-order chi connectivity index (χ0) is 21.0. The summed E-state index contributed by atoms with van der Waals surface area (Å²) in [5.74, 6) is 2.77. The standard InChI is InChI=1S/C13H25NO.C11H22N2.W/c1-6-12(15-13(3,4)5)14-9-7-8-11(2)10-14;1-13-9-11(12)8-7-10-5-3-2-4-6-10;/h6,11H,7-10H2,1-5H3;10-12H,2-9H2,1H3;/q;-2;+2/b12-6+;;. The Kier molecular flexibility index (Phi) is 15.7. The van der Waals surface area contributed by atoms with Gasteiger partial charge in [-0.3, -0.25) is 0 Å². The number of rotatable bonds is 7. The molecule has 0 spiro atoms. The molecule has 2 fully saturated rings. The van der Waals surface area contributed by atoms with E-state index < -0.39 is 0 Å². The molecule has 5 heteroatoms. The molecule has 1 aliphatic heterocycles. The van der Waals surface area contributed by atoms with Gasteiger partial charge in [-0.25, -0.2) is 0 Å². The van der Waals surface area contributed by atoms with Gasteiger partial charge < -0.3 is 20.7 Å². The zero-order valence-electron chi connectivity index (χ0n) is 20.0. The minimum absolute atomic E-state index is 0. The summed E-state index contributed by atoms with van der Waals surface area (Å²) in [7, 11) is 1.81. The summed E-state index contributed by atoms with van der Waals surface area (Å²) >= 11 is 0. The molecule has 29 heavy (non-hydrogen) atoms. The molecule has 2 rings (SSSR count). The molecule has 1 heterocycles. The van der Waals surface area contributed by atoms with E-state index in [1.54, 1.807) is 0 Å². The summed E-state index contributed by atoms with van der Waals surface area (Å²) in [5.41, 5.74) is 7.60. The summed E-state index contributed by atoms with van der Waals surface area (Å²) in [6.45, 7) is 13.7. The normalized spacial score (nSPS) is 22.2. The molecule has 2 aliphatic rings. The van der Waals surface area contributed by atoms with E-state index in [4.69, 9.17) is 10.5 Å². The van der Waals surface area contributed by atoms with Gasteiger partial charge in [-0.1, -0.05) is 51.9 Å². The molecule has 170 valence electrons. The van der Waals surface area contributed by atoms with Crippen molar-refractivity contribution in [2.45, 2.75) is 104 Å². The number of hydrogen-bond acceptors (Lipinski definition) is 2. The molecule has 0 radical (unpaired) electrons. The van der Waals surface area contributed by atoms with E-state index in [1.807, 2.05) is 7.05 Å². The van der Waals surface area contributed by atoms with E-state index in [9.17, 15) is 0 Å². The Morgan fingerprint density at radius 3 is 2.34 bits per heavy atom.